The smallest absolute Gasteiger partial charge is 0.0797 e. The molecule has 0 aliphatic carbocycles. The van der Waals surface area contributed by atoms with Crippen molar-refractivity contribution >= 4 is 33.9 Å². The van der Waals surface area contributed by atoms with Crippen LogP contribution in [0.2, 0.25) is 0 Å². The Morgan fingerprint density at radius 1 is 1.78 bits per heavy atom. The highest BCUT2D eigenvalue weighted by molar-refractivity contribution is 14.1. The first-order chi connectivity index (χ1) is 4.34. The molecule has 1 aromatic heterocycles. The summed E-state index contributed by atoms with van der Waals surface area (Å²) in [5, 5.41) is 0. The van der Waals surface area contributed by atoms with Crippen molar-refractivity contribution < 1.29 is 0 Å². The average Bonchev–Trinajstić information content (AvgIpc) is 2.18. The molecule has 0 N–H and O–H groups in total. The number of alkyl halides is 1. The van der Waals surface area contributed by atoms with Gasteiger partial charge in [-0.05, 0) is 13.3 Å². The molecule has 0 aliphatic heterocycles. The lowest BCUT2D eigenvalue weighted by Gasteiger charge is -1.89. The lowest BCUT2D eigenvalue weighted by molar-refractivity contribution is 1.14. The van der Waals surface area contributed by atoms with E-state index in [9.17, 15) is 0 Å². The first-order valence-corrected chi connectivity index (χ1v) is 5.20. The van der Waals surface area contributed by atoms with Crippen molar-refractivity contribution in [1.29, 1.82) is 0 Å². The van der Waals surface area contributed by atoms with Crippen LogP contribution >= 0.6 is 33.9 Å². The molecule has 0 aliphatic rings. The van der Waals surface area contributed by atoms with Gasteiger partial charge in [0, 0.05) is 9.30 Å². The standard InChI is InChI=1S/C6H8INS/c1-5-6(2-3-7)9-4-8-5/h4H,2-3H2,1H3. The van der Waals surface area contributed by atoms with Crippen molar-refractivity contribution in [1.82, 2.24) is 4.98 Å². The van der Waals surface area contributed by atoms with Gasteiger partial charge in [0.25, 0.3) is 0 Å². The second kappa shape index (κ2) is 3.51. The maximum atomic E-state index is 4.15. The van der Waals surface area contributed by atoms with Gasteiger partial charge < -0.3 is 0 Å². The highest BCUT2D eigenvalue weighted by Gasteiger charge is 1.97. The van der Waals surface area contributed by atoms with Gasteiger partial charge in [-0.1, -0.05) is 22.6 Å². The Morgan fingerprint density at radius 3 is 3.00 bits per heavy atom. The van der Waals surface area contributed by atoms with E-state index in [0.717, 1.165) is 0 Å². The van der Waals surface area contributed by atoms with E-state index in [-0.39, 0.29) is 0 Å². The first kappa shape index (κ1) is 7.47. The number of hydrogen-bond acceptors (Lipinski definition) is 2. The van der Waals surface area contributed by atoms with E-state index in [2.05, 4.69) is 34.5 Å². The van der Waals surface area contributed by atoms with E-state index in [0.29, 0.717) is 0 Å². The summed E-state index contributed by atoms with van der Waals surface area (Å²) in [5.41, 5.74) is 3.12. The molecule has 3 heteroatoms. The maximum Gasteiger partial charge on any atom is 0.0797 e. The Hall–Kier alpha value is 0.360. The van der Waals surface area contributed by atoms with E-state index in [1.165, 1.54) is 21.4 Å². The fourth-order valence-electron chi connectivity index (χ4n) is 0.652. The minimum atomic E-state index is 1.18. The van der Waals surface area contributed by atoms with E-state index in [4.69, 9.17) is 0 Å². The van der Waals surface area contributed by atoms with Crippen molar-refractivity contribution in [3.63, 3.8) is 0 Å². The largest absolute Gasteiger partial charge is 0.250 e. The van der Waals surface area contributed by atoms with Crippen LogP contribution < -0.4 is 0 Å². The molecule has 0 bridgehead atoms. The fraction of sp³-hybridized carbons (Fsp3) is 0.500. The zero-order valence-electron chi connectivity index (χ0n) is 5.22. The minimum Gasteiger partial charge on any atom is -0.250 e. The summed E-state index contributed by atoms with van der Waals surface area (Å²) >= 11 is 4.14. The van der Waals surface area contributed by atoms with Crippen molar-refractivity contribution in [2.45, 2.75) is 13.3 Å². The highest BCUT2D eigenvalue weighted by Crippen LogP contribution is 2.13. The molecule has 0 aromatic carbocycles. The van der Waals surface area contributed by atoms with Gasteiger partial charge in [0.2, 0.25) is 0 Å². The van der Waals surface area contributed by atoms with Gasteiger partial charge >= 0.3 is 0 Å². The van der Waals surface area contributed by atoms with Crippen LogP contribution in [-0.2, 0) is 6.42 Å². The molecule has 0 amide bonds. The lowest BCUT2D eigenvalue weighted by Crippen LogP contribution is -1.83. The second-order valence-electron chi connectivity index (χ2n) is 1.80. The number of halogens is 1. The van der Waals surface area contributed by atoms with Crippen LogP contribution in [0, 0.1) is 6.92 Å². The summed E-state index contributed by atoms with van der Waals surface area (Å²) in [5.74, 6) is 0. The Morgan fingerprint density at radius 2 is 2.56 bits per heavy atom. The predicted octanol–water partition coefficient (Wildman–Crippen LogP) is 2.43. The summed E-state index contributed by atoms with van der Waals surface area (Å²) in [6.07, 6.45) is 1.18. The number of aromatic nitrogens is 1. The number of rotatable bonds is 2. The third-order valence-electron chi connectivity index (χ3n) is 1.17. The predicted molar refractivity (Wildman–Crippen MR) is 49.4 cm³/mol. The molecule has 0 unspecified atom stereocenters. The molecule has 1 rings (SSSR count). The SMILES string of the molecule is Cc1ncsc1CCI. The molecular weight excluding hydrogens is 245 g/mol. The normalized spacial score (nSPS) is 10.0. The van der Waals surface area contributed by atoms with Gasteiger partial charge in [-0.3, -0.25) is 0 Å². The van der Waals surface area contributed by atoms with Gasteiger partial charge in [0.05, 0.1) is 11.2 Å². The van der Waals surface area contributed by atoms with Crippen molar-refractivity contribution in [3.05, 3.63) is 16.1 Å². The fourth-order valence-corrected chi connectivity index (χ4v) is 2.34. The van der Waals surface area contributed by atoms with Gasteiger partial charge in [-0.15, -0.1) is 11.3 Å². The van der Waals surface area contributed by atoms with Crippen molar-refractivity contribution in [3.8, 4) is 0 Å². The second-order valence-corrected chi connectivity index (χ2v) is 3.82. The lowest BCUT2D eigenvalue weighted by atomic mass is 10.3. The highest BCUT2D eigenvalue weighted by atomic mass is 127. The third kappa shape index (κ3) is 1.89. The van der Waals surface area contributed by atoms with Crippen LogP contribution in [0.4, 0.5) is 0 Å². The number of nitrogens with zero attached hydrogens (tertiary/aromatic N) is 1. The molecule has 0 radical (unpaired) electrons. The van der Waals surface area contributed by atoms with Crippen LogP contribution in [0.1, 0.15) is 10.6 Å². The zero-order valence-corrected chi connectivity index (χ0v) is 8.20. The summed E-state index contributed by atoms with van der Waals surface area (Å²) in [6, 6.07) is 0. The van der Waals surface area contributed by atoms with E-state index < -0.39 is 0 Å². The summed E-state index contributed by atoms with van der Waals surface area (Å²) < 4.78 is 1.20. The summed E-state index contributed by atoms with van der Waals surface area (Å²) in [7, 11) is 0. The van der Waals surface area contributed by atoms with Gasteiger partial charge in [-0.2, -0.15) is 0 Å². The van der Waals surface area contributed by atoms with E-state index >= 15 is 0 Å². The molecule has 1 nitrogen and oxygen atoms in total. The molecule has 0 saturated heterocycles. The summed E-state index contributed by atoms with van der Waals surface area (Å²) in [4.78, 5) is 5.59. The average molecular weight is 253 g/mol. The number of thiazole rings is 1. The van der Waals surface area contributed by atoms with Crippen LogP contribution in [0.15, 0.2) is 5.51 Å². The molecule has 1 heterocycles. The topological polar surface area (TPSA) is 12.9 Å². The van der Waals surface area contributed by atoms with Crippen molar-refractivity contribution in [2.24, 2.45) is 0 Å². The quantitative estimate of drug-likeness (QED) is 0.582. The molecule has 0 spiro atoms. The Kier molecular flexibility index (Phi) is 2.91. The Bertz CT molecular complexity index is 185. The summed E-state index contributed by atoms with van der Waals surface area (Å²) in [6.45, 7) is 2.07. The van der Waals surface area contributed by atoms with E-state index in [1.807, 2.05) is 5.51 Å². The number of aryl methyl sites for hydroxylation is 2. The molecule has 0 atom stereocenters. The van der Waals surface area contributed by atoms with Crippen LogP contribution in [0.25, 0.3) is 0 Å². The van der Waals surface area contributed by atoms with Gasteiger partial charge in [0.15, 0.2) is 0 Å². The zero-order chi connectivity index (χ0) is 6.69. The third-order valence-corrected chi connectivity index (χ3v) is 2.70. The molecular formula is C6H8INS. The van der Waals surface area contributed by atoms with Gasteiger partial charge in [-0.25, -0.2) is 4.98 Å². The monoisotopic (exact) mass is 253 g/mol. The molecule has 0 fully saturated rings. The molecule has 1 aromatic rings. The Balaban J connectivity index is 2.69. The van der Waals surface area contributed by atoms with Crippen LogP contribution in [0.3, 0.4) is 0 Å². The van der Waals surface area contributed by atoms with Crippen LogP contribution in [-0.4, -0.2) is 9.41 Å². The maximum absolute atomic E-state index is 4.15. The van der Waals surface area contributed by atoms with Crippen molar-refractivity contribution in [2.75, 3.05) is 4.43 Å². The Labute approximate surface area is 72.6 Å². The molecule has 50 valence electrons. The first-order valence-electron chi connectivity index (χ1n) is 2.79. The minimum absolute atomic E-state index is 1.18. The van der Waals surface area contributed by atoms with Crippen LogP contribution in [0.5, 0.6) is 0 Å². The number of hydrogen-bond donors (Lipinski definition) is 0. The van der Waals surface area contributed by atoms with E-state index in [1.54, 1.807) is 11.3 Å². The molecule has 0 saturated carbocycles. The molecule has 9 heavy (non-hydrogen) atoms. The van der Waals surface area contributed by atoms with Gasteiger partial charge in [0.1, 0.15) is 0 Å².